The molecule has 12 heavy (non-hydrogen) atoms. The quantitative estimate of drug-likeness (QED) is 0.645. The number of hydrogen-bond acceptors (Lipinski definition) is 3. The van der Waals surface area contributed by atoms with Crippen molar-refractivity contribution in [3.8, 4) is 0 Å². The lowest BCUT2D eigenvalue weighted by atomic mass is 10.1. The van der Waals surface area contributed by atoms with Crippen molar-refractivity contribution in [1.29, 1.82) is 0 Å². The van der Waals surface area contributed by atoms with Crippen molar-refractivity contribution < 1.29 is 0 Å². The molecule has 1 aromatic heterocycles. The number of rotatable bonds is 1. The van der Waals surface area contributed by atoms with E-state index in [0.29, 0.717) is 10.8 Å². The fourth-order valence-electron chi connectivity index (χ4n) is 1.22. The molecule has 1 aliphatic rings. The lowest BCUT2D eigenvalue weighted by Crippen LogP contribution is -2.22. The third kappa shape index (κ3) is 1.15. The summed E-state index contributed by atoms with van der Waals surface area (Å²) in [6.45, 7) is 0. The molecule has 1 saturated carbocycles. The van der Waals surface area contributed by atoms with Crippen molar-refractivity contribution in [2.45, 2.75) is 18.4 Å². The average Bonchev–Trinajstić information content (AvgIpc) is 2.75. The van der Waals surface area contributed by atoms with Gasteiger partial charge in [0.05, 0.1) is 16.9 Å². The van der Waals surface area contributed by atoms with Crippen LogP contribution in [0.4, 0.5) is 5.69 Å². The summed E-state index contributed by atoms with van der Waals surface area (Å²) < 4.78 is 0. The van der Waals surface area contributed by atoms with Crippen LogP contribution in [0.2, 0.25) is 5.15 Å². The van der Waals surface area contributed by atoms with E-state index < -0.39 is 0 Å². The van der Waals surface area contributed by atoms with Crippen molar-refractivity contribution >= 4 is 17.3 Å². The van der Waals surface area contributed by atoms with Gasteiger partial charge < -0.3 is 11.5 Å². The fourth-order valence-corrected chi connectivity index (χ4v) is 1.36. The Morgan fingerprint density at radius 1 is 1.42 bits per heavy atom. The first-order valence-corrected chi connectivity index (χ1v) is 4.21. The first-order chi connectivity index (χ1) is 5.62. The van der Waals surface area contributed by atoms with Crippen molar-refractivity contribution in [2.24, 2.45) is 5.73 Å². The molecule has 64 valence electrons. The van der Waals surface area contributed by atoms with Crippen molar-refractivity contribution in [3.05, 3.63) is 23.0 Å². The average molecular weight is 184 g/mol. The fraction of sp³-hybridized carbons (Fsp3) is 0.375. The minimum absolute atomic E-state index is 0.297. The van der Waals surface area contributed by atoms with Gasteiger partial charge in [0.2, 0.25) is 0 Å². The molecule has 1 heterocycles. The Morgan fingerprint density at radius 2 is 2.08 bits per heavy atom. The van der Waals surface area contributed by atoms with Gasteiger partial charge in [-0.15, -0.1) is 0 Å². The summed E-state index contributed by atoms with van der Waals surface area (Å²) in [7, 11) is 0. The molecule has 0 atom stereocenters. The zero-order valence-electron chi connectivity index (χ0n) is 6.55. The van der Waals surface area contributed by atoms with Crippen LogP contribution in [0.25, 0.3) is 0 Å². The molecular weight excluding hydrogens is 174 g/mol. The van der Waals surface area contributed by atoms with Gasteiger partial charge in [-0.3, -0.25) is 0 Å². The molecule has 0 aliphatic heterocycles. The van der Waals surface area contributed by atoms with Crippen LogP contribution in [-0.4, -0.2) is 4.98 Å². The maximum Gasteiger partial charge on any atom is 0.129 e. The number of anilines is 1. The van der Waals surface area contributed by atoms with Gasteiger partial charge in [0.25, 0.3) is 0 Å². The Hall–Kier alpha value is -0.800. The molecule has 2 rings (SSSR count). The monoisotopic (exact) mass is 183 g/mol. The van der Waals surface area contributed by atoms with Gasteiger partial charge in [-0.05, 0) is 25.0 Å². The Labute approximate surface area is 75.7 Å². The van der Waals surface area contributed by atoms with Crippen LogP contribution in [0.5, 0.6) is 0 Å². The highest BCUT2D eigenvalue weighted by atomic mass is 35.5. The Balaban J connectivity index is 2.48. The maximum atomic E-state index is 5.94. The summed E-state index contributed by atoms with van der Waals surface area (Å²) in [6, 6.07) is 3.42. The predicted octanol–water partition coefficient (Wildman–Crippen LogP) is 1.27. The van der Waals surface area contributed by atoms with Crippen molar-refractivity contribution in [1.82, 2.24) is 4.98 Å². The van der Waals surface area contributed by atoms with Gasteiger partial charge in [0.1, 0.15) is 5.15 Å². The summed E-state index contributed by atoms with van der Waals surface area (Å²) in [5.41, 5.74) is 12.7. The lowest BCUT2D eigenvalue weighted by molar-refractivity contribution is 0.711. The first-order valence-electron chi connectivity index (χ1n) is 3.83. The van der Waals surface area contributed by atoms with Gasteiger partial charge >= 0.3 is 0 Å². The molecule has 0 radical (unpaired) electrons. The number of hydrogen-bond donors (Lipinski definition) is 2. The molecule has 0 unspecified atom stereocenters. The summed E-state index contributed by atoms with van der Waals surface area (Å²) in [4.78, 5) is 4.12. The Bertz CT molecular complexity index is 320. The topological polar surface area (TPSA) is 64.9 Å². The van der Waals surface area contributed by atoms with Gasteiger partial charge in [-0.1, -0.05) is 11.6 Å². The summed E-state index contributed by atoms with van der Waals surface area (Å²) >= 11 is 5.73. The van der Waals surface area contributed by atoms with Gasteiger partial charge in [-0.25, -0.2) is 4.98 Å². The van der Waals surface area contributed by atoms with E-state index in [9.17, 15) is 0 Å². The lowest BCUT2D eigenvalue weighted by Gasteiger charge is -2.10. The van der Waals surface area contributed by atoms with E-state index in [1.54, 1.807) is 12.1 Å². The number of nitrogens with two attached hydrogens (primary N) is 2. The van der Waals surface area contributed by atoms with E-state index in [2.05, 4.69) is 4.98 Å². The van der Waals surface area contributed by atoms with E-state index >= 15 is 0 Å². The third-order valence-corrected chi connectivity index (χ3v) is 2.36. The maximum absolute atomic E-state index is 5.94. The smallest absolute Gasteiger partial charge is 0.129 e. The van der Waals surface area contributed by atoms with Gasteiger partial charge in [0, 0.05) is 0 Å². The summed E-state index contributed by atoms with van der Waals surface area (Å²) in [5, 5.41) is 0.455. The number of pyridine rings is 1. The molecule has 0 spiro atoms. The molecule has 3 nitrogen and oxygen atoms in total. The molecule has 0 amide bonds. The van der Waals surface area contributed by atoms with Crippen LogP contribution in [0.3, 0.4) is 0 Å². The summed E-state index contributed by atoms with van der Waals surface area (Å²) in [6.07, 6.45) is 1.90. The second-order valence-electron chi connectivity index (χ2n) is 3.23. The Kier molecular flexibility index (Phi) is 1.53. The predicted molar refractivity (Wildman–Crippen MR) is 48.8 cm³/mol. The van der Waals surface area contributed by atoms with E-state index in [-0.39, 0.29) is 5.54 Å². The first kappa shape index (κ1) is 7.83. The zero-order chi connectivity index (χ0) is 8.77. The van der Waals surface area contributed by atoms with Crippen LogP contribution in [0, 0.1) is 0 Å². The molecule has 4 N–H and O–H groups in total. The minimum atomic E-state index is -0.297. The van der Waals surface area contributed by atoms with Crippen LogP contribution < -0.4 is 11.5 Å². The van der Waals surface area contributed by atoms with E-state index in [1.165, 1.54) is 0 Å². The second-order valence-corrected chi connectivity index (χ2v) is 3.62. The molecule has 0 saturated heterocycles. The molecule has 0 bridgehead atoms. The highest BCUT2D eigenvalue weighted by Gasteiger charge is 2.43. The summed E-state index contributed by atoms with van der Waals surface area (Å²) in [5.74, 6) is 0. The number of nitrogen functional groups attached to an aromatic ring is 1. The van der Waals surface area contributed by atoms with Crippen molar-refractivity contribution in [2.75, 3.05) is 5.73 Å². The minimum Gasteiger partial charge on any atom is -0.397 e. The Morgan fingerprint density at radius 3 is 2.67 bits per heavy atom. The molecule has 1 fully saturated rings. The molecule has 1 aliphatic carbocycles. The van der Waals surface area contributed by atoms with Gasteiger partial charge in [0.15, 0.2) is 0 Å². The highest BCUT2D eigenvalue weighted by molar-refractivity contribution is 6.29. The number of nitrogens with zero attached hydrogens (tertiary/aromatic N) is 1. The SMILES string of the molecule is Nc1ccc(Cl)nc1C1(N)CC1. The van der Waals surface area contributed by atoms with Crippen molar-refractivity contribution in [3.63, 3.8) is 0 Å². The zero-order valence-corrected chi connectivity index (χ0v) is 7.30. The van der Waals surface area contributed by atoms with Crippen LogP contribution in [0.15, 0.2) is 12.1 Å². The van der Waals surface area contributed by atoms with Crippen LogP contribution in [0.1, 0.15) is 18.5 Å². The largest absolute Gasteiger partial charge is 0.397 e. The normalized spacial score (nSPS) is 19.2. The van der Waals surface area contributed by atoms with E-state index in [1.807, 2.05) is 0 Å². The van der Waals surface area contributed by atoms with E-state index in [0.717, 1.165) is 18.5 Å². The second kappa shape index (κ2) is 2.34. The number of halogens is 1. The molecule has 1 aromatic rings. The van der Waals surface area contributed by atoms with Gasteiger partial charge in [-0.2, -0.15) is 0 Å². The number of aromatic nitrogens is 1. The standard InChI is InChI=1S/C8H10ClN3/c9-6-2-1-5(10)7(12-6)8(11)3-4-8/h1-2H,3-4,10-11H2. The molecule has 4 heteroatoms. The molecule has 0 aromatic carbocycles. The highest BCUT2D eigenvalue weighted by Crippen LogP contribution is 2.44. The third-order valence-electron chi connectivity index (χ3n) is 2.15. The van der Waals surface area contributed by atoms with Crippen LogP contribution >= 0.6 is 11.6 Å². The van der Waals surface area contributed by atoms with E-state index in [4.69, 9.17) is 23.1 Å². The van der Waals surface area contributed by atoms with Crippen LogP contribution in [-0.2, 0) is 5.54 Å². The molecular formula is C8H10ClN3.